The lowest BCUT2D eigenvalue weighted by molar-refractivity contribution is -0.742. The molecule has 1 heterocycles. The molecule has 0 bridgehead atoms. The summed E-state index contributed by atoms with van der Waals surface area (Å²) in [6.45, 7) is 4.39. The zero-order valence-electron chi connectivity index (χ0n) is 9.37. The Bertz CT molecular complexity index is 520. The summed E-state index contributed by atoms with van der Waals surface area (Å²) >= 11 is 3.33. The largest absolute Gasteiger partial charge is 0.328 e. The lowest BCUT2D eigenvalue weighted by Gasteiger charge is -2.04. The van der Waals surface area contributed by atoms with Crippen LogP contribution in [0.5, 0.6) is 0 Å². The van der Waals surface area contributed by atoms with E-state index in [1.54, 1.807) is 3.71 Å². The number of hydrogen-bond acceptors (Lipinski definition) is 3. The van der Waals surface area contributed by atoms with Gasteiger partial charge >= 0.3 is 0 Å². The van der Waals surface area contributed by atoms with E-state index in [1.165, 1.54) is 10.9 Å². The predicted molar refractivity (Wildman–Crippen MR) is 66.9 cm³/mol. The van der Waals surface area contributed by atoms with Gasteiger partial charge in [0.15, 0.2) is 0 Å². The number of fused-ring (bicyclic) bond motifs is 1. The molecule has 0 amide bonds. The van der Waals surface area contributed by atoms with Crippen molar-refractivity contribution in [3.63, 3.8) is 0 Å². The van der Waals surface area contributed by atoms with Crippen molar-refractivity contribution >= 4 is 27.1 Å². The molecule has 0 radical (unpaired) electrons. The topological polar surface area (TPSA) is 81.2 Å². The van der Waals surface area contributed by atoms with E-state index < -0.39 is 5.09 Å². The minimum Gasteiger partial charge on any atom is -0.328 e. The van der Waals surface area contributed by atoms with Crippen LogP contribution in [0, 0.1) is 10.1 Å². The van der Waals surface area contributed by atoms with Gasteiger partial charge in [0.05, 0.1) is 27.9 Å². The maximum absolute atomic E-state index is 8.36. The first-order valence-electron chi connectivity index (χ1n) is 4.89. The maximum atomic E-state index is 8.36. The predicted octanol–water partition coefficient (Wildman–Crippen LogP) is 2.97. The van der Waals surface area contributed by atoms with Gasteiger partial charge in [0.25, 0.3) is 5.09 Å². The van der Waals surface area contributed by atoms with Crippen LogP contribution in [0.3, 0.4) is 0 Å². The van der Waals surface area contributed by atoms with E-state index in [4.69, 9.17) is 15.3 Å². The summed E-state index contributed by atoms with van der Waals surface area (Å²) in [4.78, 5) is 8.36. The molecule has 0 spiro atoms. The van der Waals surface area contributed by atoms with E-state index >= 15 is 0 Å². The first kappa shape index (κ1) is 13.4. The molecular formula is C10H12BrN3O3. The van der Waals surface area contributed by atoms with E-state index in [0.717, 1.165) is 5.52 Å². The van der Waals surface area contributed by atoms with Crippen LogP contribution in [0.1, 0.15) is 25.3 Å². The van der Waals surface area contributed by atoms with Crippen molar-refractivity contribution in [2.75, 3.05) is 0 Å². The van der Waals surface area contributed by atoms with Crippen LogP contribution in [0.2, 0.25) is 0 Å². The molecule has 2 aromatic rings. The Morgan fingerprint density at radius 3 is 2.65 bits per heavy atom. The van der Waals surface area contributed by atoms with Crippen molar-refractivity contribution in [1.82, 2.24) is 8.81 Å². The summed E-state index contributed by atoms with van der Waals surface area (Å²) in [7, 11) is 0. The second-order valence-electron chi connectivity index (χ2n) is 3.72. The van der Waals surface area contributed by atoms with E-state index in [-0.39, 0.29) is 0 Å². The zero-order chi connectivity index (χ0) is 13.0. The van der Waals surface area contributed by atoms with Crippen molar-refractivity contribution in [3.05, 3.63) is 40.1 Å². The molecule has 0 aliphatic carbocycles. The molecule has 1 aromatic carbocycles. The lowest BCUT2D eigenvalue weighted by atomic mass is 10.0. The van der Waals surface area contributed by atoms with Gasteiger partial charge in [0, 0.05) is 5.39 Å². The molecule has 0 atom stereocenters. The molecule has 6 nitrogen and oxygen atoms in total. The van der Waals surface area contributed by atoms with Crippen LogP contribution in [-0.2, 0) is 0 Å². The molecule has 0 saturated carbocycles. The van der Waals surface area contributed by atoms with E-state index in [1.807, 2.05) is 6.20 Å². The molecular weight excluding hydrogens is 290 g/mol. The van der Waals surface area contributed by atoms with Crippen LogP contribution in [0.15, 0.2) is 24.4 Å². The van der Waals surface area contributed by atoms with E-state index in [9.17, 15) is 0 Å². The van der Waals surface area contributed by atoms with Crippen molar-refractivity contribution in [1.29, 1.82) is 0 Å². The Kier molecular flexibility index (Phi) is 4.45. The molecule has 2 rings (SSSR count). The van der Waals surface area contributed by atoms with Crippen LogP contribution in [0.4, 0.5) is 0 Å². The SMILES string of the molecule is CC(C)c1ccc2c(cnn2Br)c1.O=[N+]([O-])O. The third-order valence-corrected chi connectivity index (χ3v) is 2.78. The van der Waals surface area contributed by atoms with Gasteiger partial charge in [0.1, 0.15) is 0 Å². The Balaban J connectivity index is 0.000000317. The highest BCUT2D eigenvalue weighted by molar-refractivity contribution is 9.08. The summed E-state index contributed by atoms with van der Waals surface area (Å²) in [6, 6.07) is 6.42. The standard InChI is InChI=1S/C10H11BrN2.HNO3/c1-7(2)8-3-4-10-9(5-8)6-12-13(10)11;2-1(3)4/h3-7H,1-2H3;(H,2,3,4). The monoisotopic (exact) mass is 301 g/mol. The Labute approximate surface area is 106 Å². The van der Waals surface area contributed by atoms with Gasteiger partial charge in [-0.05, 0) is 23.6 Å². The van der Waals surface area contributed by atoms with Crippen LogP contribution >= 0.6 is 16.1 Å². The quantitative estimate of drug-likeness (QED) is 0.648. The van der Waals surface area contributed by atoms with Gasteiger partial charge in [-0.1, -0.05) is 19.9 Å². The van der Waals surface area contributed by atoms with Gasteiger partial charge in [-0.3, -0.25) is 0 Å². The summed E-state index contributed by atoms with van der Waals surface area (Å²) in [5, 5.41) is 19.0. The fourth-order valence-electron chi connectivity index (χ4n) is 1.38. The average molecular weight is 302 g/mol. The number of hydrogen-bond donors (Lipinski definition) is 1. The maximum Gasteiger partial charge on any atom is 0.291 e. The fourth-order valence-corrected chi connectivity index (χ4v) is 1.79. The second kappa shape index (κ2) is 5.62. The van der Waals surface area contributed by atoms with Crippen LogP contribution in [-0.4, -0.2) is 19.1 Å². The molecule has 0 saturated heterocycles. The van der Waals surface area contributed by atoms with Gasteiger partial charge in [-0.25, -0.2) is 0 Å². The molecule has 1 N–H and O–H groups in total. The van der Waals surface area contributed by atoms with Gasteiger partial charge in [-0.15, -0.1) is 10.1 Å². The second-order valence-corrected chi connectivity index (χ2v) is 4.39. The molecule has 92 valence electrons. The fraction of sp³-hybridized carbons (Fsp3) is 0.300. The number of halogens is 1. The van der Waals surface area contributed by atoms with Crippen molar-refractivity contribution in [2.24, 2.45) is 0 Å². The number of benzene rings is 1. The highest BCUT2D eigenvalue weighted by atomic mass is 79.9. The molecule has 17 heavy (non-hydrogen) atoms. The molecule has 1 aromatic heterocycles. The first-order chi connectivity index (χ1) is 7.91. The Morgan fingerprint density at radius 1 is 1.53 bits per heavy atom. The highest BCUT2D eigenvalue weighted by Gasteiger charge is 2.03. The molecule has 0 fully saturated rings. The Morgan fingerprint density at radius 2 is 2.12 bits per heavy atom. The Hall–Kier alpha value is -1.63. The number of rotatable bonds is 1. The van der Waals surface area contributed by atoms with Gasteiger partial charge < -0.3 is 5.21 Å². The first-order valence-corrected chi connectivity index (χ1v) is 5.60. The van der Waals surface area contributed by atoms with E-state index in [0.29, 0.717) is 5.92 Å². The summed E-state index contributed by atoms with van der Waals surface area (Å²) in [5.74, 6) is 0.572. The molecule has 7 heteroatoms. The molecule has 0 aliphatic rings. The zero-order valence-corrected chi connectivity index (χ0v) is 11.0. The third kappa shape index (κ3) is 3.70. The number of aromatic nitrogens is 2. The van der Waals surface area contributed by atoms with Gasteiger partial charge in [-0.2, -0.15) is 8.81 Å². The molecule has 0 unspecified atom stereocenters. The van der Waals surface area contributed by atoms with Crippen molar-refractivity contribution in [2.45, 2.75) is 19.8 Å². The lowest BCUT2D eigenvalue weighted by Crippen LogP contribution is -1.86. The average Bonchev–Trinajstić information content (AvgIpc) is 2.59. The summed E-state index contributed by atoms with van der Waals surface area (Å²) in [6.07, 6.45) is 1.87. The summed E-state index contributed by atoms with van der Waals surface area (Å²) in [5.41, 5.74) is 2.47. The van der Waals surface area contributed by atoms with E-state index in [2.05, 4.69) is 53.3 Å². The minimum atomic E-state index is -1.50. The third-order valence-electron chi connectivity index (χ3n) is 2.22. The minimum absolute atomic E-state index is 0.572. The van der Waals surface area contributed by atoms with Crippen molar-refractivity contribution in [3.8, 4) is 0 Å². The highest BCUT2D eigenvalue weighted by Crippen LogP contribution is 2.21. The van der Waals surface area contributed by atoms with Gasteiger partial charge in [0.2, 0.25) is 0 Å². The van der Waals surface area contributed by atoms with Crippen LogP contribution < -0.4 is 0 Å². The summed E-state index contributed by atoms with van der Waals surface area (Å²) < 4.78 is 1.71. The molecule has 0 aliphatic heterocycles. The normalized spacial score (nSPS) is 10.1. The smallest absolute Gasteiger partial charge is 0.291 e. The van der Waals surface area contributed by atoms with Crippen LogP contribution in [0.25, 0.3) is 10.9 Å². The van der Waals surface area contributed by atoms with Crippen molar-refractivity contribution < 1.29 is 10.3 Å². The number of nitrogens with zero attached hydrogens (tertiary/aromatic N) is 3.